The van der Waals surface area contributed by atoms with Crippen molar-refractivity contribution < 1.29 is 13.5 Å². The summed E-state index contributed by atoms with van der Waals surface area (Å²) in [5.41, 5.74) is 0. The number of nitrogens with zero attached hydrogens (tertiary/aromatic N) is 1. The zero-order valence-corrected chi connectivity index (χ0v) is 9.30. The molecule has 0 aromatic heterocycles. The summed E-state index contributed by atoms with van der Waals surface area (Å²) < 4.78 is 26.3. The lowest BCUT2D eigenvalue weighted by atomic mass is 10.4. The van der Waals surface area contributed by atoms with Crippen LogP contribution in [0.3, 0.4) is 0 Å². The molecule has 0 aromatic carbocycles. The van der Waals surface area contributed by atoms with Crippen molar-refractivity contribution in [3.8, 4) is 0 Å². The molecule has 0 radical (unpaired) electrons. The summed E-state index contributed by atoms with van der Waals surface area (Å²) in [5, 5.41) is 8.89. The highest BCUT2D eigenvalue weighted by atomic mass is 32.2. The Morgan fingerprint density at radius 2 is 1.85 bits per heavy atom. The molecule has 0 aliphatic carbocycles. The van der Waals surface area contributed by atoms with E-state index in [0.29, 0.717) is 0 Å². The van der Waals surface area contributed by atoms with E-state index in [4.69, 9.17) is 5.11 Å². The van der Waals surface area contributed by atoms with Gasteiger partial charge in [-0.25, -0.2) is 0 Å². The fourth-order valence-electron chi connectivity index (χ4n) is 0.605. The standard InChI is InChI=1S/C7H18N2O3S/c1-6(2)9(4)13(11,12)8-5-7(3)10/h6-8,10H,5H2,1-4H3. The van der Waals surface area contributed by atoms with E-state index >= 15 is 0 Å². The monoisotopic (exact) mass is 210 g/mol. The van der Waals surface area contributed by atoms with Crippen molar-refractivity contribution in [3.05, 3.63) is 0 Å². The average Bonchev–Trinajstić information content (AvgIpc) is 1.99. The van der Waals surface area contributed by atoms with Crippen LogP contribution in [0, 0.1) is 0 Å². The van der Waals surface area contributed by atoms with Gasteiger partial charge in [0, 0.05) is 19.6 Å². The third-order valence-electron chi connectivity index (χ3n) is 1.67. The highest BCUT2D eigenvalue weighted by Crippen LogP contribution is 2.00. The van der Waals surface area contributed by atoms with Crippen LogP contribution in [0.4, 0.5) is 0 Å². The zero-order chi connectivity index (χ0) is 10.6. The van der Waals surface area contributed by atoms with Gasteiger partial charge in [0.25, 0.3) is 10.2 Å². The molecule has 0 aliphatic heterocycles. The summed E-state index contributed by atoms with van der Waals surface area (Å²) in [7, 11) is -1.94. The van der Waals surface area contributed by atoms with E-state index in [1.807, 2.05) is 0 Å². The maximum atomic E-state index is 11.4. The number of aliphatic hydroxyl groups is 1. The molecule has 0 amide bonds. The van der Waals surface area contributed by atoms with Crippen LogP contribution >= 0.6 is 0 Å². The first-order chi connectivity index (χ1) is 5.77. The number of aliphatic hydroxyl groups excluding tert-OH is 1. The van der Waals surface area contributed by atoms with E-state index in [-0.39, 0.29) is 12.6 Å². The summed E-state index contributed by atoms with van der Waals surface area (Å²) in [4.78, 5) is 0. The quantitative estimate of drug-likeness (QED) is 0.645. The SMILES string of the molecule is CC(O)CNS(=O)(=O)N(C)C(C)C. The fraction of sp³-hybridized carbons (Fsp3) is 1.00. The molecule has 1 atom stereocenters. The van der Waals surface area contributed by atoms with Gasteiger partial charge < -0.3 is 5.11 Å². The minimum atomic E-state index is -3.43. The summed E-state index contributed by atoms with van der Waals surface area (Å²) in [6, 6.07) is -0.0912. The van der Waals surface area contributed by atoms with Crippen LogP contribution in [0.1, 0.15) is 20.8 Å². The van der Waals surface area contributed by atoms with Gasteiger partial charge >= 0.3 is 0 Å². The van der Waals surface area contributed by atoms with Gasteiger partial charge in [-0.05, 0) is 20.8 Å². The van der Waals surface area contributed by atoms with Gasteiger partial charge in [-0.2, -0.15) is 17.4 Å². The van der Waals surface area contributed by atoms with Crippen LogP contribution in [-0.2, 0) is 10.2 Å². The van der Waals surface area contributed by atoms with Crippen molar-refractivity contribution in [1.82, 2.24) is 9.03 Å². The molecule has 0 aromatic rings. The highest BCUT2D eigenvalue weighted by Gasteiger charge is 2.19. The van der Waals surface area contributed by atoms with Gasteiger partial charge in [0.15, 0.2) is 0 Å². The van der Waals surface area contributed by atoms with Gasteiger partial charge in [-0.15, -0.1) is 0 Å². The van der Waals surface area contributed by atoms with Crippen molar-refractivity contribution in [2.75, 3.05) is 13.6 Å². The summed E-state index contributed by atoms with van der Waals surface area (Å²) in [6.45, 7) is 5.13. The van der Waals surface area contributed by atoms with Crippen molar-refractivity contribution >= 4 is 10.2 Å². The molecule has 0 heterocycles. The Balaban J connectivity index is 4.24. The number of nitrogens with one attached hydrogen (secondary N) is 1. The fourth-order valence-corrected chi connectivity index (χ4v) is 1.82. The smallest absolute Gasteiger partial charge is 0.279 e. The van der Waals surface area contributed by atoms with Crippen molar-refractivity contribution in [2.45, 2.75) is 32.9 Å². The first kappa shape index (κ1) is 12.8. The molecular weight excluding hydrogens is 192 g/mol. The second-order valence-electron chi connectivity index (χ2n) is 3.31. The van der Waals surface area contributed by atoms with Gasteiger partial charge in [-0.3, -0.25) is 0 Å². The molecule has 1 unspecified atom stereocenters. The normalized spacial score (nSPS) is 15.3. The van der Waals surface area contributed by atoms with Gasteiger partial charge in [-0.1, -0.05) is 0 Å². The van der Waals surface area contributed by atoms with Crippen molar-refractivity contribution in [2.24, 2.45) is 0 Å². The predicted octanol–water partition coefficient (Wildman–Crippen LogP) is -0.458. The van der Waals surface area contributed by atoms with E-state index in [9.17, 15) is 8.42 Å². The Kier molecular flexibility index (Phi) is 4.83. The van der Waals surface area contributed by atoms with Crippen LogP contribution in [0.5, 0.6) is 0 Å². The van der Waals surface area contributed by atoms with Crippen LogP contribution in [-0.4, -0.2) is 43.6 Å². The molecule has 0 saturated carbocycles. The molecule has 0 spiro atoms. The topological polar surface area (TPSA) is 69.6 Å². The zero-order valence-electron chi connectivity index (χ0n) is 8.48. The van der Waals surface area contributed by atoms with Crippen LogP contribution in [0.2, 0.25) is 0 Å². The lowest BCUT2D eigenvalue weighted by molar-refractivity contribution is 0.197. The number of hydrogen-bond donors (Lipinski definition) is 2. The Morgan fingerprint density at radius 3 is 2.15 bits per heavy atom. The molecule has 0 bridgehead atoms. The Bertz CT molecular complexity index is 236. The molecule has 80 valence electrons. The van der Waals surface area contributed by atoms with E-state index in [0.717, 1.165) is 0 Å². The van der Waals surface area contributed by atoms with Crippen molar-refractivity contribution in [1.29, 1.82) is 0 Å². The van der Waals surface area contributed by atoms with E-state index in [1.165, 1.54) is 18.3 Å². The van der Waals surface area contributed by atoms with Crippen molar-refractivity contribution in [3.63, 3.8) is 0 Å². The largest absolute Gasteiger partial charge is 0.392 e. The Labute approximate surface area is 79.9 Å². The highest BCUT2D eigenvalue weighted by molar-refractivity contribution is 7.87. The van der Waals surface area contributed by atoms with E-state index in [2.05, 4.69) is 4.72 Å². The lowest BCUT2D eigenvalue weighted by Crippen LogP contribution is -2.43. The van der Waals surface area contributed by atoms with Crippen LogP contribution < -0.4 is 4.72 Å². The minimum Gasteiger partial charge on any atom is -0.392 e. The molecular formula is C7H18N2O3S. The maximum absolute atomic E-state index is 11.4. The molecule has 0 aliphatic rings. The summed E-state index contributed by atoms with van der Waals surface area (Å²) >= 11 is 0. The Hall–Kier alpha value is -0.170. The lowest BCUT2D eigenvalue weighted by Gasteiger charge is -2.21. The third kappa shape index (κ3) is 4.56. The average molecular weight is 210 g/mol. The van der Waals surface area contributed by atoms with Crippen LogP contribution in [0.15, 0.2) is 0 Å². The first-order valence-electron chi connectivity index (χ1n) is 4.18. The molecule has 6 heteroatoms. The predicted molar refractivity (Wildman–Crippen MR) is 51.5 cm³/mol. The molecule has 2 N–H and O–H groups in total. The summed E-state index contributed by atoms with van der Waals surface area (Å²) in [6.07, 6.45) is -0.671. The van der Waals surface area contributed by atoms with Crippen LogP contribution in [0.25, 0.3) is 0 Å². The van der Waals surface area contributed by atoms with E-state index in [1.54, 1.807) is 13.8 Å². The maximum Gasteiger partial charge on any atom is 0.279 e. The summed E-state index contributed by atoms with van der Waals surface area (Å²) in [5.74, 6) is 0. The molecule has 0 fully saturated rings. The minimum absolute atomic E-state index is 0.0411. The second kappa shape index (κ2) is 4.90. The first-order valence-corrected chi connectivity index (χ1v) is 5.62. The molecule has 0 rings (SSSR count). The van der Waals surface area contributed by atoms with E-state index < -0.39 is 16.3 Å². The van der Waals surface area contributed by atoms with Gasteiger partial charge in [0.2, 0.25) is 0 Å². The van der Waals surface area contributed by atoms with Gasteiger partial charge in [0.05, 0.1) is 6.10 Å². The second-order valence-corrected chi connectivity index (χ2v) is 5.13. The third-order valence-corrected chi connectivity index (χ3v) is 3.38. The number of hydrogen-bond acceptors (Lipinski definition) is 3. The molecule has 13 heavy (non-hydrogen) atoms. The molecule has 0 saturated heterocycles. The Morgan fingerprint density at radius 1 is 1.38 bits per heavy atom. The number of rotatable bonds is 5. The molecule has 5 nitrogen and oxygen atoms in total. The van der Waals surface area contributed by atoms with Gasteiger partial charge in [0.1, 0.15) is 0 Å².